The Hall–Kier alpha value is -0.610. The van der Waals surface area contributed by atoms with Gasteiger partial charge in [0.05, 0.1) is 18.8 Å². The molecule has 70 heavy (non-hydrogen) atoms. The van der Waals surface area contributed by atoms with Crippen molar-refractivity contribution in [3.05, 3.63) is 0 Å². The van der Waals surface area contributed by atoms with Gasteiger partial charge in [-0.25, -0.2) is 0 Å². The summed E-state index contributed by atoms with van der Waals surface area (Å²) in [4.78, 5) is 12.5. The van der Waals surface area contributed by atoms with E-state index in [-0.39, 0.29) is 12.5 Å². The first-order valence-corrected chi connectivity index (χ1v) is 33.2. The fourth-order valence-corrected chi connectivity index (χ4v) is 11.1. The van der Waals surface area contributed by atoms with Crippen molar-refractivity contribution in [3.63, 3.8) is 0 Å². The summed E-state index contributed by atoms with van der Waals surface area (Å²) in [5.74, 6) is -0.0198. The smallest absolute Gasteiger partial charge is 0.220 e. The molecule has 0 spiro atoms. The lowest BCUT2D eigenvalue weighted by atomic mass is 10.0. The standard InChI is InChI=1S/C66H133NO3/c1-3-5-7-9-11-13-15-17-19-21-23-25-27-29-31-33-34-35-37-39-41-43-45-47-49-51-53-55-57-59-61-65(69)64(63-68)67-66(70)62-60-58-56-54-52-50-48-46-44-42-40-38-36-32-30-28-26-24-22-20-18-16-14-12-10-8-6-4-2/h64-65,68-69H,3-63H2,1-2H3,(H,67,70). The molecule has 4 heteroatoms. The summed E-state index contributed by atoms with van der Waals surface area (Å²) in [7, 11) is 0. The molecule has 0 fully saturated rings. The Balaban J connectivity index is 3.36. The highest BCUT2D eigenvalue weighted by Gasteiger charge is 2.20. The molecule has 0 saturated carbocycles. The average molecular weight is 989 g/mol. The highest BCUT2D eigenvalue weighted by Crippen LogP contribution is 2.20. The average Bonchev–Trinajstić information content (AvgIpc) is 3.36. The summed E-state index contributed by atoms with van der Waals surface area (Å²) in [6, 6.07) is -0.532. The minimum atomic E-state index is -0.656. The summed E-state index contributed by atoms with van der Waals surface area (Å²) < 4.78 is 0. The van der Waals surface area contributed by atoms with Crippen LogP contribution in [0.5, 0.6) is 0 Å². The van der Waals surface area contributed by atoms with Crippen molar-refractivity contribution in [1.82, 2.24) is 5.32 Å². The molecule has 4 nitrogen and oxygen atoms in total. The second kappa shape index (κ2) is 62.7. The predicted molar refractivity (Wildman–Crippen MR) is 313 cm³/mol. The number of unbranched alkanes of at least 4 members (excludes halogenated alkanes) is 56. The Labute approximate surface area is 442 Å². The zero-order valence-corrected chi connectivity index (χ0v) is 48.6. The number of carbonyl (C=O) groups is 1. The van der Waals surface area contributed by atoms with Gasteiger partial charge in [-0.3, -0.25) is 4.79 Å². The van der Waals surface area contributed by atoms with Crippen LogP contribution in [-0.2, 0) is 4.79 Å². The summed E-state index contributed by atoms with van der Waals surface area (Å²) in [5.41, 5.74) is 0. The van der Waals surface area contributed by atoms with Gasteiger partial charge < -0.3 is 15.5 Å². The van der Waals surface area contributed by atoms with Crippen molar-refractivity contribution in [2.75, 3.05) is 6.61 Å². The van der Waals surface area contributed by atoms with Crippen LogP contribution in [0.1, 0.15) is 399 Å². The minimum Gasteiger partial charge on any atom is -0.394 e. The molecule has 2 unspecified atom stereocenters. The van der Waals surface area contributed by atoms with Crippen molar-refractivity contribution >= 4 is 5.91 Å². The van der Waals surface area contributed by atoms with Gasteiger partial charge in [-0.2, -0.15) is 0 Å². The minimum absolute atomic E-state index is 0.0198. The predicted octanol–water partition coefficient (Wildman–Crippen LogP) is 22.3. The third-order valence-electron chi connectivity index (χ3n) is 16.1. The van der Waals surface area contributed by atoms with Gasteiger partial charge in [0.15, 0.2) is 0 Å². The first-order chi connectivity index (χ1) is 34.7. The van der Waals surface area contributed by atoms with E-state index in [1.165, 1.54) is 347 Å². The fourth-order valence-electron chi connectivity index (χ4n) is 11.1. The van der Waals surface area contributed by atoms with E-state index in [0.717, 1.165) is 25.7 Å². The Kier molecular flexibility index (Phi) is 62.1. The number of nitrogens with one attached hydrogen (secondary N) is 1. The number of amides is 1. The van der Waals surface area contributed by atoms with Crippen molar-refractivity contribution in [3.8, 4) is 0 Å². The molecular weight excluding hydrogens is 855 g/mol. The molecule has 0 aliphatic heterocycles. The molecule has 0 aromatic heterocycles. The Morgan fingerprint density at radius 2 is 0.457 bits per heavy atom. The SMILES string of the molecule is CCCCCCCCCCCCCCCCCCCCCCCCCCCCCCCCC(O)C(CO)NC(=O)CCCCCCCCCCCCCCCCCCCCCCCCCCCCCC. The van der Waals surface area contributed by atoms with E-state index in [1.807, 2.05) is 0 Å². The van der Waals surface area contributed by atoms with Gasteiger partial charge in [0, 0.05) is 6.42 Å². The lowest BCUT2D eigenvalue weighted by Crippen LogP contribution is -2.45. The number of hydrogen-bond donors (Lipinski definition) is 3. The van der Waals surface area contributed by atoms with Crippen LogP contribution < -0.4 is 5.32 Å². The van der Waals surface area contributed by atoms with E-state index < -0.39 is 12.1 Å². The third-order valence-corrected chi connectivity index (χ3v) is 16.1. The normalized spacial score (nSPS) is 12.6. The molecule has 420 valence electrons. The number of aliphatic hydroxyl groups excluding tert-OH is 2. The molecule has 3 N–H and O–H groups in total. The summed E-state index contributed by atoms with van der Waals surface area (Å²) in [5, 5.41) is 23.4. The van der Waals surface area contributed by atoms with E-state index in [2.05, 4.69) is 19.2 Å². The lowest BCUT2D eigenvalue weighted by molar-refractivity contribution is -0.123. The Morgan fingerprint density at radius 1 is 0.286 bits per heavy atom. The lowest BCUT2D eigenvalue weighted by Gasteiger charge is -2.22. The van der Waals surface area contributed by atoms with E-state index in [0.29, 0.717) is 12.8 Å². The van der Waals surface area contributed by atoms with Crippen molar-refractivity contribution in [2.45, 2.75) is 411 Å². The van der Waals surface area contributed by atoms with E-state index in [4.69, 9.17) is 0 Å². The maximum atomic E-state index is 12.5. The summed E-state index contributed by atoms with van der Waals surface area (Å²) in [6.07, 6.45) is 81.5. The van der Waals surface area contributed by atoms with Gasteiger partial charge in [-0.05, 0) is 12.8 Å². The van der Waals surface area contributed by atoms with Crippen LogP contribution in [-0.4, -0.2) is 34.9 Å². The van der Waals surface area contributed by atoms with Gasteiger partial charge in [-0.15, -0.1) is 0 Å². The summed E-state index contributed by atoms with van der Waals surface area (Å²) >= 11 is 0. The van der Waals surface area contributed by atoms with Crippen LogP contribution in [0.4, 0.5) is 0 Å². The highest BCUT2D eigenvalue weighted by atomic mass is 16.3. The molecule has 0 aliphatic carbocycles. The maximum Gasteiger partial charge on any atom is 0.220 e. The van der Waals surface area contributed by atoms with Gasteiger partial charge in [-0.1, -0.05) is 380 Å². The maximum absolute atomic E-state index is 12.5. The molecule has 0 saturated heterocycles. The van der Waals surface area contributed by atoms with E-state index in [1.54, 1.807) is 0 Å². The molecule has 0 heterocycles. The van der Waals surface area contributed by atoms with Crippen LogP contribution in [0.3, 0.4) is 0 Å². The quantitative estimate of drug-likeness (QED) is 0.0532. The first-order valence-electron chi connectivity index (χ1n) is 33.2. The van der Waals surface area contributed by atoms with E-state index >= 15 is 0 Å². The largest absolute Gasteiger partial charge is 0.394 e. The van der Waals surface area contributed by atoms with Crippen LogP contribution in [0.15, 0.2) is 0 Å². The number of aliphatic hydroxyl groups is 2. The highest BCUT2D eigenvalue weighted by molar-refractivity contribution is 5.76. The molecule has 0 aromatic carbocycles. The van der Waals surface area contributed by atoms with Crippen molar-refractivity contribution < 1.29 is 15.0 Å². The molecule has 2 atom stereocenters. The molecule has 0 bridgehead atoms. The molecular formula is C66H133NO3. The van der Waals surface area contributed by atoms with Crippen LogP contribution in [0, 0.1) is 0 Å². The Morgan fingerprint density at radius 3 is 0.643 bits per heavy atom. The van der Waals surface area contributed by atoms with Gasteiger partial charge >= 0.3 is 0 Å². The molecule has 0 aromatic rings. The van der Waals surface area contributed by atoms with Gasteiger partial charge in [0.1, 0.15) is 0 Å². The fraction of sp³-hybridized carbons (Fsp3) is 0.985. The monoisotopic (exact) mass is 988 g/mol. The molecule has 0 radical (unpaired) electrons. The van der Waals surface area contributed by atoms with Crippen molar-refractivity contribution in [2.24, 2.45) is 0 Å². The summed E-state index contributed by atoms with van der Waals surface area (Å²) in [6.45, 7) is 4.42. The zero-order chi connectivity index (χ0) is 50.6. The second-order valence-corrected chi connectivity index (χ2v) is 23.3. The second-order valence-electron chi connectivity index (χ2n) is 23.3. The van der Waals surface area contributed by atoms with Crippen LogP contribution >= 0.6 is 0 Å². The van der Waals surface area contributed by atoms with Crippen LogP contribution in [0.25, 0.3) is 0 Å². The molecule has 0 aliphatic rings. The first kappa shape index (κ1) is 69.4. The zero-order valence-electron chi connectivity index (χ0n) is 48.6. The van der Waals surface area contributed by atoms with Gasteiger partial charge in [0.25, 0.3) is 0 Å². The topological polar surface area (TPSA) is 69.6 Å². The molecule has 0 rings (SSSR count). The number of carbonyl (C=O) groups excluding carboxylic acids is 1. The van der Waals surface area contributed by atoms with E-state index in [9.17, 15) is 15.0 Å². The number of hydrogen-bond acceptors (Lipinski definition) is 3. The third kappa shape index (κ3) is 58.3. The molecule has 1 amide bonds. The van der Waals surface area contributed by atoms with Crippen molar-refractivity contribution in [1.29, 1.82) is 0 Å². The Bertz CT molecular complexity index is 940. The number of rotatable bonds is 63. The van der Waals surface area contributed by atoms with Crippen LogP contribution in [0.2, 0.25) is 0 Å². The van der Waals surface area contributed by atoms with Gasteiger partial charge in [0.2, 0.25) is 5.91 Å².